The van der Waals surface area contributed by atoms with E-state index in [1.807, 2.05) is 11.3 Å². The van der Waals surface area contributed by atoms with Crippen LogP contribution in [0.1, 0.15) is 43.3 Å². The van der Waals surface area contributed by atoms with Crippen LogP contribution in [-0.2, 0) is 6.42 Å². The van der Waals surface area contributed by atoms with Crippen molar-refractivity contribution in [3.8, 4) is 0 Å². The molecular weight excluding hydrogens is 216 g/mol. The molecule has 1 aromatic rings. The highest BCUT2D eigenvalue weighted by atomic mass is 32.1. The van der Waals surface area contributed by atoms with Crippen LogP contribution in [-0.4, -0.2) is 17.6 Å². The van der Waals surface area contributed by atoms with Gasteiger partial charge in [0.15, 0.2) is 0 Å². The summed E-state index contributed by atoms with van der Waals surface area (Å²) in [4.78, 5) is 4.51. The quantitative estimate of drug-likeness (QED) is 0.789. The summed E-state index contributed by atoms with van der Waals surface area (Å²) in [6, 6.07) is 0.769. The summed E-state index contributed by atoms with van der Waals surface area (Å²) in [5.74, 6) is 0.970. The van der Waals surface area contributed by atoms with E-state index < -0.39 is 0 Å². The van der Waals surface area contributed by atoms with Crippen molar-refractivity contribution in [1.29, 1.82) is 0 Å². The summed E-state index contributed by atoms with van der Waals surface area (Å²) < 4.78 is 0. The molecule has 1 aromatic heterocycles. The first-order chi connectivity index (χ1) is 7.79. The second-order valence-corrected chi connectivity index (χ2v) is 5.72. The van der Waals surface area contributed by atoms with Gasteiger partial charge in [-0.25, -0.2) is 4.98 Å². The molecular formula is C13H22N2S. The summed E-state index contributed by atoms with van der Waals surface area (Å²) >= 11 is 1.81. The van der Waals surface area contributed by atoms with E-state index in [1.54, 1.807) is 0 Å². The fourth-order valence-electron chi connectivity index (χ4n) is 2.26. The van der Waals surface area contributed by atoms with Gasteiger partial charge in [-0.1, -0.05) is 6.92 Å². The lowest BCUT2D eigenvalue weighted by molar-refractivity contribution is 0.434. The molecule has 0 saturated heterocycles. The number of nitrogens with zero attached hydrogens (tertiary/aromatic N) is 1. The van der Waals surface area contributed by atoms with Gasteiger partial charge in [-0.2, -0.15) is 0 Å². The topological polar surface area (TPSA) is 24.9 Å². The maximum Gasteiger partial charge on any atom is 0.0928 e. The van der Waals surface area contributed by atoms with Crippen LogP contribution >= 0.6 is 11.3 Å². The average molecular weight is 238 g/mol. The van der Waals surface area contributed by atoms with Crippen LogP contribution in [0.4, 0.5) is 0 Å². The molecule has 90 valence electrons. The Labute approximate surface area is 102 Å². The minimum absolute atomic E-state index is 0.769. The van der Waals surface area contributed by atoms with Gasteiger partial charge in [0.1, 0.15) is 0 Å². The molecule has 1 aliphatic carbocycles. The van der Waals surface area contributed by atoms with Gasteiger partial charge >= 0.3 is 0 Å². The first-order valence-corrected chi connectivity index (χ1v) is 7.32. The minimum Gasteiger partial charge on any atom is -0.314 e. The Hall–Kier alpha value is -0.410. The van der Waals surface area contributed by atoms with Crippen molar-refractivity contribution in [3.05, 3.63) is 16.1 Å². The van der Waals surface area contributed by atoms with E-state index in [4.69, 9.17) is 0 Å². The first-order valence-electron chi connectivity index (χ1n) is 6.44. The lowest BCUT2D eigenvalue weighted by Crippen LogP contribution is -2.30. The third-order valence-electron chi connectivity index (χ3n) is 3.23. The third-order valence-corrected chi connectivity index (χ3v) is 4.26. The van der Waals surface area contributed by atoms with Gasteiger partial charge in [0.05, 0.1) is 5.01 Å². The Morgan fingerprint density at radius 3 is 2.94 bits per heavy atom. The summed E-state index contributed by atoms with van der Waals surface area (Å²) in [5.41, 5.74) is 1.17. The van der Waals surface area contributed by atoms with E-state index in [0.29, 0.717) is 0 Å². The number of aryl methyl sites for hydroxylation is 2. The van der Waals surface area contributed by atoms with Crippen LogP contribution < -0.4 is 5.32 Å². The van der Waals surface area contributed by atoms with Crippen molar-refractivity contribution in [2.24, 2.45) is 5.92 Å². The van der Waals surface area contributed by atoms with Gasteiger partial charge in [0.2, 0.25) is 0 Å². The van der Waals surface area contributed by atoms with Crippen molar-refractivity contribution in [1.82, 2.24) is 10.3 Å². The van der Waals surface area contributed by atoms with Crippen LogP contribution in [0.3, 0.4) is 0 Å². The number of hydrogen-bond acceptors (Lipinski definition) is 3. The number of hydrogen-bond donors (Lipinski definition) is 1. The summed E-state index contributed by atoms with van der Waals surface area (Å²) in [5, 5.41) is 7.08. The Morgan fingerprint density at radius 1 is 1.56 bits per heavy atom. The minimum atomic E-state index is 0.769. The van der Waals surface area contributed by atoms with E-state index >= 15 is 0 Å². The Bertz CT molecular complexity index is 317. The molecule has 0 aromatic carbocycles. The molecule has 1 unspecified atom stereocenters. The standard InChI is InChI=1S/C13H22N2S/c1-3-14-12(11-7-8-11)5-4-6-13-15-10(2)9-16-13/h9,11-12,14H,3-8H2,1-2H3. The number of thiazole rings is 1. The molecule has 2 rings (SSSR count). The van der Waals surface area contributed by atoms with E-state index in [2.05, 4.69) is 29.5 Å². The molecule has 1 heterocycles. The monoisotopic (exact) mass is 238 g/mol. The molecule has 1 N–H and O–H groups in total. The Kier molecular flexibility index (Phi) is 4.36. The maximum atomic E-state index is 4.51. The van der Waals surface area contributed by atoms with Crippen molar-refractivity contribution in [2.45, 2.75) is 52.0 Å². The van der Waals surface area contributed by atoms with E-state index in [-0.39, 0.29) is 0 Å². The molecule has 2 nitrogen and oxygen atoms in total. The molecule has 16 heavy (non-hydrogen) atoms. The molecule has 0 spiro atoms. The summed E-state index contributed by atoms with van der Waals surface area (Å²) in [6.45, 7) is 5.39. The zero-order valence-corrected chi connectivity index (χ0v) is 11.1. The highest BCUT2D eigenvalue weighted by Gasteiger charge is 2.29. The van der Waals surface area contributed by atoms with Gasteiger partial charge < -0.3 is 5.32 Å². The zero-order valence-electron chi connectivity index (χ0n) is 10.3. The third kappa shape index (κ3) is 3.56. The first kappa shape index (κ1) is 12.1. The van der Waals surface area contributed by atoms with E-state index in [1.165, 1.54) is 36.4 Å². The molecule has 3 heteroatoms. The number of nitrogens with one attached hydrogen (secondary N) is 1. The van der Waals surface area contributed by atoms with Crippen LogP contribution in [0.5, 0.6) is 0 Å². The fourth-order valence-corrected chi connectivity index (χ4v) is 3.07. The lowest BCUT2D eigenvalue weighted by Gasteiger charge is -2.16. The van der Waals surface area contributed by atoms with Gasteiger partial charge in [0.25, 0.3) is 0 Å². The predicted octanol–water partition coefficient (Wildman–Crippen LogP) is 3.16. The fraction of sp³-hybridized carbons (Fsp3) is 0.769. The molecule has 0 bridgehead atoms. The van der Waals surface area contributed by atoms with Crippen molar-refractivity contribution >= 4 is 11.3 Å². The smallest absolute Gasteiger partial charge is 0.0928 e. The highest BCUT2D eigenvalue weighted by molar-refractivity contribution is 7.09. The second kappa shape index (κ2) is 5.78. The zero-order chi connectivity index (χ0) is 11.4. The van der Waals surface area contributed by atoms with E-state index in [9.17, 15) is 0 Å². The number of rotatable bonds is 7. The van der Waals surface area contributed by atoms with Gasteiger partial charge in [-0.05, 0) is 51.5 Å². The molecule has 1 atom stereocenters. The summed E-state index contributed by atoms with van der Waals surface area (Å²) in [7, 11) is 0. The van der Waals surface area contributed by atoms with Crippen LogP contribution in [0.15, 0.2) is 5.38 Å². The molecule has 1 saturated carbocycles. The SMILES string of the molecule is CCNC(CCCc1nc(C)cs1)C1CC1. The van der Waals surface area contributed by atoms with E-state index in [0.717, 1.165) is 24.9 Å². The van der Waals surface area contributed by atoms with Crippen LogP contribution in [0.25, 0.3) is 0 Å². The number of aromatic nitrogens is 1. The molecule has 0 aliphatic heterocycles. The van der Waals surface area contributed by atoms with Gasteiger partial charge in [-0.15, -0.1) is 11.3 Å². The lowest BCUT2D eigenvalue weighted by atomic mass is 10.1. The summed E-state index contributed by atoms with van der Waals surface area (Å²) in [6.07, 6.45) is 6.63. The average Bonchev–Trinajstić information content (AvgIpc) is 3.02. The molecule has 0 radical (unpaired) electrons. The maximum absolute atomic E-state index is 4.51. The van der Waals surface area contributed by atoms with Crippen LogP contribution in [0, 0.1) is 12.8 Å². The molecule has 0 amide bonds. The van der Waals surface area contributed by atoms with Crippen molar-refractivity contribution < 1.29 is 0 Å². The largest absolute Gasteiger partial charge is 0.314 e. The van der Waals surface area contributed by atoms with Gasteiger partial charge in [0, 0.05) is 17.1 Å². The predicted molar refractivity (Wildman–Crippen MR) is 70.0 cm³/mol. The molecule has 1 fully saturated rings. The second-order valence-electron chi connectivity index (χ2n) is 4.78. The Balaban J connectivity index is 1.69. The van der Waals surface area contributed by atoms with Gasteiger partial charge in [-0.3, -0.25) is 0 Å². The normalized spacial score (nSPS) is 17.6. The van der Waals surface area contributed by atoms with Crippen LogP contribution in [0.2, 0.25) is 0 Å². The highest BCUT2D eigenvalue weighted by Crippen LogP contribution is 2.34. The molecule has 1 aliphatic rings. The Morgan fingerprint density at radius 2 is 2.38 bits per heavy atom. The van der Waals surface area contributed by atoms with Crippen molar-refractivity contribution in [2.75, 3.05) is 6.54 Å². The van der Waals surface area contributed by atoms with Crippen molar-refractivity contribution in [3.63, 3.8) is 0 Å².